The van der Waals surface area contributed by atoms with Crippen molar-refractivity contribution in [2.75, 3.05) is 16.0 Å². The number of halogens is 1. The summed E-state index contributed by atoms with van der Waals surface area (Å²) in [6.45, 7) is 4.02. The molecule has 1 fully saturated rings. The molecule has 1 unspecified atom stereocenters. The third kappa shape index (κ3) is 3.96. The van der Waals surface area contributed by atoms with Crippen molar-refractivity contribution in [2.24, 2.45) is 0 Å². The fourth-order valence-corrected chi connectivity index (χ4v) is 4.82. The number of thioether (sulfide) groups is 1. The highest BCUT2D eigenvalue weighted by atomic mass is 32.2. The molecule has 1 aliphatic heterocycles. The summed E-state index contributed by atoms with van der Waals surface area (Å²) < 4.78 is 13.2. The van der Waals surface area contributed by atoms with Gasteiger partial charge in [0, 0.05) is 22.5 Å². The molecule has 0 spiro atoms. The lowest BCUT2D eigenvalue weighted by Gasteiger charge is -2.27. The highest BCUT2D eigenvalue weighted by Crippen LogP contribution is 2.45. The average molecular weight is 421 g/mol. The molecule has 3 aromatic rings. The highest BCUT2D eigenvalue weighted by Gasteiger charge is 2.36. The number of aryl methyl sites for hydroxylation is 2. The van der Waals surface area contributed by atoms with E-state index in [0.717, 1.165) is 22.4 Å². The predicted molar refractivity (Wildman–Crippen MR) is 119 cm³/mol. The molecule has 3 aromatic carbocycles. The van der Waals surface area contributed by atoms with Gasteiger partial charge in [-0.1, -0.05) is 35.9 Å². The molecule has 1 atom stereocenters. The maximum Gasteiger partial charge on any atom is 0.255 e. The lowest BCUT2D eigenvalue weighted by atomic mass is 10.1. The Hall–Kier alpha value is -3.12. The van der Waals surface area contributed by atoms with E-state index in [1.165, 1.54) is 36.0 Å². The number of carbonyl (C=O) groups is 2. The summed E-state index contributed by atoms with van der Waals surface area (Å²) >= 11 is 1.53. The first-order valence-corrected chi connectivity index (χ1v) is 10.7. The summed E-state index contributed by atoms with van der Waals surface area (Å²) in [4.78, 5) is 27.3. The number of rotatable bonds is 4. The number of carbonyl (C=O) groups excluding carboxylic acids is 2. The Labute approximate surface area is 179 Å². The Balaban J connectivity index is 1.67. The minimum atomic E-state index is -0.392. The fourth-order valence-electron chi connectivity index (χ4n) is 3.61. The molecule has 30 heavy (non-hydrogen) atoms. The van der Waals surface area contributed by atoms with E-state index < -0.39 is 5.82 Å². The van der Waals surface area contributed by atoms with Gasteiger partial charge in [-0.2, -0.15) is 0 Å². The van der Waals surface area contributed by atoms with Crippen LogP contribution in [0.25, 0.3) is 0 Å². The Morgan fingerprint density at radius 2 is 1.80 bits per heavy atom. The third-order valence-corrected chi connectivity index (χ3v) is 6.26. The van der Waals surface area contributed by atoms with Crippen LogP contribution in [0.5, 0.6) is 0 Å². The molecule has 4 nitrogen and oxygen atoms in total. The van der Waals surface area contributed by atoms with E-state index >= 15 is 0 Å². The zero-order chi connectivity index (χ0) is 21.3. The molecule has 0 saturated carbocycles. The average Bonchev–Trinajstić information content (AvgIpc) is 3.10. The molecule has 0 aromatic heterocycles. The van der Waals surface area contributed by atoms with Gasteiger partial charge in [-0.05, 0) is 55.8 Å². The first-order valence-electron chi connectivity index (χ1n) is 9.61. The molecule has 4 rings (SSSR count). The number of para-hydroxylation sites is 1. The summed E-state index contributed by atoms with van der Waals surface area (Å²) in [6.07, 6.45) is 0. The van der Waals surface area contributed by atoms with Crippen LogP contribution in [0.3, 0.4) is 0 Å². The quantitative estimate of drug-likeness (QED) is 0.609. The van der Waals surface area contributed by atoms with E-state index in [0.29, 0.717) is 17.0 Å². The molecule has 1 heterocycles. The predicted octanol–water partition coefficient (Wildman–Crippen LogP) is 5.47. The molecule has 2 amide bonds. The van der Waals surface area contributed by atoms with Crippen molar-refractivity contribution in [3.8, 4) is 0 Å². The van der Waals surface area contributed by atoms with Gasteiger partial charge in [-0.15, -0.1) is 11.8 Å². The topological polar surface area (TPSA) is 49.4 Å². The van der Waals surface area contributed by atoms with E-state index in [4.69, 9.17) is 0 Å². The minimum absolute atomic E-state index is 0.0385. The van der Waals surface area contributed by atoms with Gasteiger partial charge in [0.2, 0.25) is 5.91 Å². The monoisotopic (exact) mass is 420 g/mol. The van der Waals surface area contributed by atoms with E-state index in [-0.39, 0.29) is 17.2 Å². The fraction of sp³-hybridized carbons (Fsp3) is 0.167. The number of nitrogens with zero attached hydrogens (tertiary/aromatic N) is 1. The molecule has 0 radical (unpaired) electrons. The standard InChI is InChI=1S/C24H21FN2O2S/c1-15-7-12-21(16(2)13-15)27-22(28)14-30-24(27)19-5-3-4-6-20(19)26-23(29)17-8-10-18(25)11-9-17/h3-13,24H,14H2,1-2H3,(H,26,29). The van der Waals surface area contributed by atoms with Crippen molar-refractivity contribution >= 4 is 35.0 Å². The molecular weight excluding hydrogens is 399 g/mol. The Morgan fingerprint density at radius 3 is 2.53 bits per heavy atom. The van der Waals surface area contributed by atoms with Crippen molar-refractivity contribution in [3.63, 3.8) is 0 Å². The largest absolute Gasteiger partial charge is 0.322 e. The summed E-state index contributed by atoms with van der Waals surface area (Å²) in [5, 5.41) is 2.67. The smallest absolute Gasteiger partial charge is 0.255 e. The number of nitrogens with one attached hydrogen (secondary N) is 1. The molecule has 1 N–H and O–H groups in total. The SMILES string of the molecule is Cc1ccc(N2C(=O)CSC2c2ccccc2NC(=O)c2ccc(F)cc2)c(C)c1. The Kier molecular flexibility index (Phi) is 5.59. The van der Waals surface area contributed by atoms with Crippen molar-refractivity contribution in [1.82, 2.24) is 0 Å². The first-order chi connectivity index (χ1) is 14.4. The molecule has 6 heteroatoms. The van der Waals surface area contributed by atoms with Gasteiger partial charge in [0.1, 0.15) is 11.2 Å². The number of amides is 2. The van der Waals surface area contributed by atoms with Gasteiger partial charge in [0.15, 0.2) is 0 Å². The highest BCUT2D eigenvalue weighted by molar-refractivity contribution is 8.00. The first kappa shape index (κ1) is 20.2. The lowest BCUT2D eigenvalue weighted by molar-refractivity contribution is -0.115. The number of hydrogen-bond donors (Lipinski definition) is 1. The summed E-state index contributed by atoms with van der Waals surface area (Å²) in [5.74, 6) is -0.304. The van der Waals surface area contributed by atoms with Gasteiger partial charge in [-0.25, -0.2) is 4.39 Å². The van der Waals surface area contributed by atoms with E-state index in [1.54, 1.807) is 0 Å². The van der Waals surface area contributed by atoms with Gasteiger partial charge in [0.25, 0.3) is 5.91 Å². The van der Waals surface area contributed by atoms with Gasteiger partial charge < -0.3 is 5.32 Å². The lowest BCUT2D eigenvalue weighted by Crippen LogP contribution is -2.29. The van der Waals surface area contributed by atoms with Crippen LogP contribution in [0.2, 0.25) is 0 Å². The zero-order valence-electron chi connectivity index (χ0n) is 16.7. The van der Waals surface area contributed by atoms with Gasteiger partial charge >= 0.3 is 0 Å². The van der Waals surface area contributed by atoms with E-state index in [1.807, 2.05) is 55.1 Å². The molecule has 0 aliphatic carbocycles. The van der Waals surface area contributed by atoms with Crippen LogP contribution in [0, 0.1) is 19.7 Å². The second-order valence-electron chi connectivity index (χ2n) is 7.27. The van der Waals surface area contributed by atoms with Crippen LogP contribution in [-0.4, -0.2) is 17.6 Å². The second kappa shape index (κ2) is 8.32. The molecule has 1 aliphatic rings. The number of hydrogen-bond acceptors (Lipinski definition) is 3. The van der Waals surface area contributed by atoms with Crippen LogP contribution in [-0.2, 0) is 4.79 Å². The zero-order valence-corrected chi connectivity index (χ0v) is 17.5. The van der Waals surface area contributed by atoms with E-state index in [9.17, 15) is 14.0 Å². The molecule has 0 bridgehead atoms. The summed E-state index contributed by atoms with van der Waals surface area (Å²) in [7, 11) is 0. The van der Waals surface area contributed by atoms with Crippen molar-refractivity contribution in [1.29, 1.82) is 0 Å². The Bertz CT molecular complexity index is 1110. The minimum Gasteiger partial charge on any atom is -0.322 e. The maximum atomic E-state index is 13.2. The van der Waals surface area contributed by atoms with Crippen LogP contribution >= 0.6 is 11.8 Å². The third-order valence-electron chi connectivity index (χ3n) is 5.06. The summed E-state index contributed by atoms with van der Waals surface area (Å²) in [6, 6.07) is 18.9. The normalized spacial score (nSPS) is 16.0. The number of anilines is 2. The number of benzene rings is 3. The van der Waals surface area contributed by atoms with E-state index in [2.05, 4.69) is 11.4 Å². The molecule has 1 saturated heterocycles. The summed E-state index contributed by atoms with van der Waals surface area (Å²) in [5.41, 5.74) is 4.90. The van der Waals surface area contributed by atoms with Crippen LogP contribution in [0.4, 0.5) is 15.8 Å². The van der Waals surface area contributed by atoms with Crippen molar-refractivity contribution < 1.29 is 14.0 Å². The maximum absolute atomic E-state index is 13.2. The van der Waals surface area contributed by atoms with Gasteiger partial charge in [-0.3, -0.25) is 14.5 Å². The van der Waals surface area contributed by atoms with Gasteiger partial charge in [0.05, 0.1) is 5.75 Å². The molecular formula is C24H21FN2O2S. The van der Waals surface area contributed by atoms with Crippen molar-refractivity contribution in [3.05, 3.63) is 94.8 Å². The van der Waals surface area contributed by atoms with Crippen LogP contribution < -0.4 is 10.2 Å². The second-order valence-corrected chi connectivity index (χ2v) is 8.33. The van der Waals surface area contributed by atoms with Crippen LogP contribution in [0.1, 0.15) is 32.4 Å². The Morgan fingerprint density at radius 1 is 1.07 bits per heavy atom. The molecule has 152 valence electrons. The van der Waals surface area contributed by atoms with Crippen LogP contribution in [0.15, 0.2) is 66.7 Å². The van der Waals surface area contributed by atoms with Crippen molar-refractivity contribution in [2.45, 2.75) is 19.2 Å².